The molecule has 0 saturated carbocycles. The van der Waals surface area contributed by atoms with Crippen molar-refractivity contribution >= 4 is 11.6 Å². The van der Waals surface area contributed by atoms with Crippen molar-refractivity contribution in [3.63, 3.8) is 0 Å². The molecule has 0 spiro atoms. The molecule has 0 bridgehead atoms. The Balaban J connectivity index is 1.37. The van der Waals surface area contributed by atoms with Gasteiger partial charge in [-0.3, -0.25) is 9.69 Å². The number of nitrogens with one attached hydrogen (secondary N) is 1. The van der Waals surface area contributed by atoms with Gasteiger partial charge >= 0.3 is 0 Å². The highest BCUT2D eigenvalue weighted by Crippen LogP contribution is 2.20. The predicted octanol–water partition coefficient (Wildman–Crippen LogP) is 4.08. The third-order valence-corrected chi connectivity index (χ3v) is 4.84. The maximum atomic E-state index is 13.0. The number of anilines is 1. The van der Waals surface area contributed by atoms with Gasteiger partial charge in [0.1, 0.15) is 23.9 Å². The Labute approximate surface area is 174 Å². The molecule has 1 N–H and O–H groups in total. The van der Waals surface area contributed by atoms with E-state index < -0.39 is 0 Å². The molecule has 0 aliphatic carbocycles. The van der Waals surface area contributed by atoms with Crippen molar-refractivity contribution in [2.24, 2.45) is 0 Å². The fourth-order valence-electron chi connectivity index (χ4n) is 3.23. The molecule has 1 fully saturated rings. The lowest BCUT2D eigenvalue weighted by molar-refractivity contribution is 0.0342. The molecule has 7 heteroatoms. The predicted molar refractivity (Wildman–Crippen MR) is 110 cm³/mol. The van der Waals surface area contributed by atoms with E-state index in [4.69, 9.17) is 13.9 Å². The fourth-order valence-corrected chi connectivity index (χ4v) is 3.23. The summed E-state index contributed by atoms with van der Waals surface area (Å²) in [5.41, 5.74) is 1.80. The van der Waals surface area contributed by atoms with Crippen LogP contribution in [0.1, 0.15) is 21.9 Å². The van der Waals surface area contributed by atoms with Crippen LogP contribution in [0, 0.1) is 5.82 Å². The summed E-state index contributed by atoms with van der Waals surface area (Å²) < 4.78 is 29.5. The number of nitrogens with zero attached hydrogens (tertiary/aromatic N) is 1. The van der Waals surface area contributed by atoms with Gasteiger partial charge in [0.25, 0.3) is 5.91 Å². The summed E-state index contributed by atoms with van der Waals surface area (Å²) in [6, 6.07) is 16.8. The van der Waals surface area contributed by atoms with Crippen molar-refractivity contribution < 1.29 is 23.1 Å². The summed E-state index contributed by atoms with van der Waals surface area (Å²) in [6.07, 6.45) is 0. The number of rotatable bonds is 7. The molecular weight excluding hydrogens is 387 g/mol. The van der Waals surface area contributed by atoms with E-state index in [1.54, 1.807) is 12.1 Å². The topological polar surface area (TPSA) is 63.9 Å². The van der Waals surface area contributed by atoms with E-state index >= 15 is 0 Å². The van der Waals surface area contributed by atoms with E-state index in [2.05, 4.69) is 10.2 Å². The standard InChI is InChI=1S/C23H23FN2O4/c24-18-5-7-19(8-6-18)29-16-20-9-10-22(30-20)23(27)25-21-4-2-1-3-17(21)15-26-11-13-28-14-12-26/h1-10H,11-16H2,(H,25,27). The molecule has 1 saturated heterocycles. The van der Waals surface area contributed by atoms with Crippen LogP contribution in [-0.2, 0) is 17.9 Å². The smallest absolute Gasteiger partial charge is 0.291 e. The molecule has 1 aliphatic rings. The lowest BCUT2D eigenvalue weighted by Gasteiger charge is -2.27. The van der Waals surface area contributed by atoms with Crippen LogP contribution >= 0.6 is 0 Å². The number of ether oxygens (including phenoxy) is 2. The Hall–Kier alpha value is -3.16. The number of furan rings is 1. The zero-order valence-electron chi connectivity index (χ0n) is 16.5. The summed E-state index contributed by atoms with van der Waals surface area (Å²) in [5, 5.41) is 2.94. The van der Waals surface area contributed by atoms with E-state index in [0.717, 1.165) is 44.1 Å². The van der Waals surface area contributed by atoms with E-state index in [-0.39, 0.29) is 24.1 Å². The molecule has 1 aliphatic heterocycles. The SMILES string of the molecule is O=C(Nc1ccccc1CN1CCOCC1)c1ccc(COc2ccc(F)cc2)o1. The zero-order valence-corrected chi connectivity index (χ0v) is 16.5. The van der Waals surface area contributed by atoms with Gasteiger partial charge in [-0.2, -0.15) is 0 Å². The highest BCUT2D eigenvalue weighted by Gasteiger charge is 2.16. The number of para-hydroxylation sites is 1. The van der Waals surface area contributed by atoms with E-state index in [0.29, 0.717) is 11.5 Å². The maximum absolute atomic E-state index is 13.0. The minimum atomic E-state index is -0.326. The first-order valence-corrected chi connectivity index (χ1v) is 9.84. The van der Waals surface area contributed by atoms with Crippen LogP contribution in [0.3, 0.4) is 0 Å². The molecule has 0 unspecified atom stereocenters. The normalized spacial score (nSPS) is 14.4. The summed E-state index contributed by atoms with van der Waals surface area (Å²) in [4.78, 5) is 15.0. The Morgan fingerprint density at radius 3 is 2.60 bits per heavy atom. The van der Waals surface area contributed by atoms with Gasteiger partial charge < -0.3 is 19.2 Å². The summed E-state index contributed by atoms with van der Waals surface area (Å²) in [7, 11) is 0. The highest BCUT2D eigenvalue weighted by atomic mass is 19.1. The number of carbonyl (C=O) groups excluding carboxylic acids is 1. The van der Waals surface area contributed by atoms with Gasteiger partial charge in [0.2, 0.25) is 0 Å². The van der Waals surface area contributed by atoms with Crippen molar-refractivity contribution in [2.45, 2.75) is 13.2 Å². The van der Waals surface area contributed by atoms with Gasteiger partial charge in [0.15, 0.2) is 5.76 Å². The van der Waals surface area contributed by atoms with Crippen LogP contribution in [0.25, 0.3) is 0 Å². The third-order valence-electron chi connectivity index (χ3n) is 4.84. The maximum Gasteiger partial charge on any atom is 0.291 e. The Morgan fingerprint density at radius 2 is 1.80 bits per heavy atom. The average Bonchev–Trinajstić information content (AvgIpc) is 3.25. The van der Waals surface area contributed by atoms with Crippen LogP contribution in [0.4, 0.5) is 10.1 Å². The second kappa shape index (κ2) is 9.56. The Bertz CT molecular complexity index is 981. The highest BCUT2D eigenvalue weighted by molar-refractivity contribution is 6.02. The summed E-state index contributed by atoms with van der Waals surface area (Å²) in [6.45, 7) is 4.09. The van der Waals surface area contributed by atoms with Crippen molar-refractivity contribution in [2.75, 3.05) is 31.6 Å². The van der Waals surface area contributed by atoms with Crippen LogP contribution in [0.2, 0.25) is 0 Å². The number of benzene rings is 2. The van der Waals surface area contributed by atoms with Crippen molar-refractivity contribution in [1.82, 2.24) is 4.90 Å². The van der Waals surface area contributed by atoms with Gasteiger partial charge in [-0.25, -0.2) is 4.39 Å². The van der Waals surface area contributed by atoms with Gasteiger partial charge in [-0.1, -0.05) is 18.2 Å². The van der Waals surface area contributed by atoms with Crippen LogP contribution in [0.15, 0.2) is 65.1 Å². The third kappa shape index (κ3) is 5.25. The van der Waals surface area contributed by atoms with Gasteiger partial charge in [-0.15, -0.1) is 0 Å². The largest absolute Gasteiger partial charge is 0.486 e. The van der Waals surface area contributed by atoms with Gasteiger partial charge in [-0.05, 0) is 48.0 Å². The van der Waals surface area contributed by atoms with Crippen molar-refractivity contribution in [1.29, 1.82) is 0 Å². The lowest BCUT2D eigenvalue weighted by atomic mass is 10.1. The van der Waals surface area contributed by atoms with Crippen molar-refractivity contribution in [3.05, 3.63) is 83.6 Å². The molecular formula is C23H23FN2O4. The minimum Gasteiger partial charge on any atom is -0.486 e. The second-order valence-corrected chi connectivity index (χ2v) is 7.01. The zero-order chi connectivity index (χ0) is 20.8. The summed E-state index contributed by atoms with van der Waals surface area (Å²) >= 11 is 0. The second-order valence-electron chi connectivity index (χ2n) is 7.01. The molecule has 30 heavy (non-hydrogen) atoms. The number of amides is 1. The number of carbonyl (C=O) groups is 1. The lowest BCUT2D eigenvalue weighted by Crippen LogP contribution is -2.35. The molecule has 4 rings (SSSR count). The minimum absolute atomic E-state index is 0.145. The van der Waals surface area contributed by atoms with E-state index in [1.165, 1.54) is 24.3 Å². The van der Waals surface area contributed by atoms with Crippen molar-refractivity contribution in [3.8, 4) is 5.75 Å². The molecule has 3 aromatic rings. The van der Waals surface area contributed by atoms with Gasteiger partial charge in [0.05, 0.1) is 13.2 Å². The fraction of sp³-hybridized carbons (Fsp3) is 0.261. The molecule has 0 radical (unpaired) electrons. The Kier molecular flexibility index (Phi) is 6.41. The monoisotopic (exact) mass is 410 g/mol. The van der Waals surface area contributed by atoms with E-state index in [9.17, 15) is 9.18 Å². The molecule has 2 heterocycles. The van der Waals surface area contributed by atoms with E-state index in [1.807, 2.05) is 24.3 Å². The number of hydrogen-bond donors (Lipinski definition) is 1. The molecule has 1 aromatic heterocycles. The van der Waals surface area contributed by atoms with Gasteiger partial charge in [0, 0.05) is 25.3 Å². The first-order chi connectivity index (χ1) is 14.7. The number of morpholine rings is 1. The van der Waals surface area contributed by atoms with Crippen LogP contribution in [0.5, 0.6) is 5.75 Å². The van der Waals surface area contributed by atoms with Crippen LogP contribution in [-0.4, -0.2) is 37.1 Å². The molecule has 6 nitrogen and oxygen atoms in total. The molecule has 2 aromatic carbocycles. The first-order valence-electron chi connectivity index (χ1n) is 9.84. The molecule has 0 atom stereocenters. The molecule has 1 amide bonds. The summed E-state index contributed by atoms with van der Waals surface area (Å²) in [5.74, 6) is 0.585. The quantitative estimate of drug-likeness (QED) is 0.636. The average molecular weight is 410 g/mol. The first kappa shape index (κ1) is 20.1. The van der Waals surface area contributed by atoms with Crippen LogP contribution < -0.4 is 10.1 Å². The number of halogens is 1. The number of hydrogen-bond acceptors (Lipinski definition) is 5. The Morgan fingerprint density at radius 1 is 1.03 bits per heavy atom. The molecule has 156 valence electrons.